The van der Waals surface area contributed by atoms with Crippen molar-refractivity contribution in [3.05, 3.63) is 41.9 Å². The number of ether oxygens (including phenoxy) is 1. The number of hydrogen-bond acceptors (Lipinski definition) is 4. The van der Waals surface area contributed by atoms with E-state index < -0.39 is 0 Å². The third-order valence-corrected chi connectivity index (χ3v) is 2.54. The first kappa shape index (κ1) is 11.4. The van der Waals surface area contributed by atoms with Gasteiger partial charge >= 0.3 is 5.97 Å². The van der Waals surface area contributed by atoms with Crippen molar-refractivity contribution < 1.29 is 13.9 Å². The molecular formula is C13H13NO3. The number of carbonyl (C=O) groups excluding carboxylic acids is 1. The van der Waals surface area contributed by atoms with Gasteiger partial charge < -0.3 is 9.15 Å². The van der Waals surface area contributed by atoms with E-state index >= 15 is 0 Å². The van der Waals surface area contributed by atoms with Crippen molar-refractivity contribution in [2.24, 2.45) is 0 Å². The van der Waals surface area contributed by atoms with Gasteiger partial charge in [-0.25, -0.2) is 4.98 Å². The van der Waals surface area contributed by atoms with Gasteiger partial charge in [-0.1, -0.05) is 24.3 Å². The number of aromatic nitrogens is 1. The monoisotopic (exact) mass is 231 g/mol. The maximum atomic E-state index is 11.1. The Labute approximate surface area is 99.2 Å². The molecule has 0 radical (unpaired) electrons. The van der Waals surface area contributed by atoms with Crippen LogP contribution in [0.1, 0.15) is 11.3 Å². The summed E-state index contributed by atoms with van der Waals surface area (Å²) in [6, 6.07) is 7.58. The van der Waals surface area contributed by atoms with Crippen molar-refractivity contribution in [2.45, 2.75) is 13.3 Å². The van der Waals surface area contributed by atoms with E-state index in [1.807, 2.05) is 31.2 Å². The standard InChI is InChI=1S/C13H13NO3/c1-9-13(17-8-14-9)11-5-3-10(4-6-11)7-12(15)16-2/h3-6,8H,7H2,1-2H3. The summed E-state index contributed by atoms with van der Waals surface area (Å²) in [5, 5.41) is 0. The molecule has 17 heavy (non-hydrogen) atoms. The highest BCUT2D eigenvalue weighted by Crippen LogP contribution is 2.22. The zero-order valence-electron chi connectivity index (χ0n) is 9.77. The number of esters is 1. The molecule has 88 valence electrons. The van der Waals surface area contributed by atoms with Crippen molar-refractivity contribution >= 4 is 5.97 Å². The number of oxazole rings is 1. The lowest BCUT2D eigenvalue weighted by Crippen LogP contribution is -2.04. The fraction of sp³-hybridized carbons (Fsp3) is 0.231. The van der Waals surface area contributed by atoms with Crippen LogP contribution in [0, 0.1) is 6.92 Å². The zero-order chi connectivity index (χ0) is 12.3. The van der Waals surface area contributed by atoms with Gasteiger partial charge in [0, 0.05) is 5.56 Å². The van der Waals surface area contributed by atoms with E-state index in [0.717, 1.165) is 22.6 Å². The highest BCUT2D eigenvalue weighted by Gasteiger charge is 2.07. The minimum absolute atomic E-state index is 0.242. The molecule has 0 aliphatic heterocycles. The summed E-state index contributed by atoms with van der Waals surface area (Å²) in [6.45, 7) is 1.89. The average Bonchev–Trinajstić information content (AvgIpc) is 2.76. The van der Waals surface area contributed by atoms with Crippen LogP contribution in [0.4, 0.5) is 0 Å². The van der Waals surface area contributed by atoms with Crippen LogP contribution >= 0.6 is 0 Å². The van der Waals surface area contributed by atoms with Crippen LogP contribution in [0.3, 0.4) is 0 Å². The predicted octanol–water partition coefficient (Wildman–Crippen LogP) is 2.37. The first-order valence-electron chi connectivity index (χ1n) is 5.27. The summed E-state index contributed by atoms with van der Waals surface area (Å²) < 4.78 is 9.90. The van der Waals surface area contributed by atoms with E-state index in [4.69, 9.17) is 4.42 Å². The Morgan fingerprint density at radius 2 is 2.06 bits per heavy atom. The molecule has 4 nitrogen and oxygen atoms in total. The van der Waals surface area contributed by atoms with Crippen molar-refractivity contribution in [1.82, 2.24) is 4.98 Å². The molecule has 1 aromatic heterocycles. The van der Waals surface area contributed by atoms with Crippen LogP contribution in [0.25, 0.3) is 11.3 Å². The Kier molecular flexibility index (Phi) is 3.23. The molecule has 0 aliphatic rings. The van der Waals surface area contributed by atoms with Crippen LogP contribution in [0.15, 0.2) is 35.1 Å². The normalized spacial score (nSPS) is 10.2. The number of benzene rings is 1. The van der Waals surface area contributed by atoms with E-state index in [-0.39, 0.29) is 12.4 Å². The number of aryl methyl sites for hydroxylation is 1. The second-order valence-corrected chi connectivity index (χ2v) is 3.72. The minimum atomic E-state index is -0.242. The van der Waals surface area contributed by atoms with E-state index in [1.54, 1.807) is 0 Å². The van der Waals surface area contributed by atoms with Crippen molar-refractivity contribution in [2.75, 3.05) is 7.11 Å². The first-order valence-corrected chi connectivity index (χ1v) is 5.27. The quantitative estimate of drug-likeness (QED) is 0.761. The van der Waals surface area contributed by atoms with Gasteiger partial charge in [-0.2, -0.15) is 0 Å². The summed E-state index contributed by atoms with van der Waals surface area (Å²) in [6.07, 6.45) is 1.71. The van der Waals surface area contributed by atoms with Gasteiger partial charge in [-0.3, -0.25) is 4.79 Å². The topological polar surface area (TPSA) is 52.3 Å². The Morgan fingerprint density at radius 1 is 1.35 bits per heavy atom. The van der Waals surface area contributed by atoms with Crippen LogP contribution in [-0.2, 0) is 16.0 Å². The zero-order valence-corrected chi connectivity index (χ0v) is 9.77. The molecule has 2 rings (SSSR count). The molecule has 2 aromatic rings. The van der Waals surface area contributed by atoms with E-state index in [0.29, 0.717) is 0 Å². The molecule has 1 aromatic carbocycles. The summed E-state index contributed by atoms with van der Waals surface area (Å²) in [7, 11) is 1.38. The molecule has 0 saturated carbocycles. The van der Waals surface area contributed by atoms with Gasteiger partial charge in [0.15, 0.2) is 12.2 Å². The number of carbonyl (C=O) groups is 1. The lowest BCUT2D eigenvalue weighted by atomic mass is 10.1. The van der Waals surface area contributed by atoms with Gasteiger partial charge in [-0.15, -0.1) is 0 Å². The number of methoxy groups -OCH3 is 1. The smallest absolute Gasteiger partial charge is 0.309 e. The van der Waals surface area contributed by atoms with Crippen LogP contribution in [-0.4, -0.2) is 18.1 Å². The minimum Gasteiger partial charge on any atom is -0.469 e. The van der Waals surface area contributed by atoms with Crippen LogP contribution < -0.4 is 0 Å². The van der Waals surface area contributed by atoms with E-state index in [9.17, 15) is 4.79 Å². The third kappa shape index (κ3) is 2.53. The molecule has 1 heterocycles. The third-order valence-electron chi connectivity index (χ3n) is 2.54. The van der Waals surface area contributed by atoms with E-state index in [2.05, 4.69) is 9.72 Å². The van der Waals surface area contributed by atoms with Crippen molar-refractivity contribution in [3.63, 3.8) is 0 Å². The van der Waals surface area contributed by atoms with Crippen molar-refractivity contribution in [1.29, 1.82) is 0 Å². The number of hydrogen-bond donors (Lipinski definition) is 0. The molecule has 0 amide bonds. The van der Waals surface area contributed by atoms with Gasteiger partial charge in [-0.05, 0) is 12.5 Å². The largest absolute Gasteiger partial charge is 0.469 e. The highest BCUT2D eigenvalue weighted by atomic mass is 16.5. The fourth-order valence-corrected chi connectivity index (χ4v) is 1.59. The molecule has 0 aliphatic carbocycles. The number of nitrogens with zero attached hydrogens (tertiary/aromatic N) is 1. The Bertz CT molecular complexity index is 514. The van der Waals surface area contributed by atoms with Gasteiger partial charge in [0.2, 0.25) is 0 Å². The summed E-state index contributed by atoms with van der Waals surface area (Å²) in [4.78, 5) is 15.1. The molecule has 0 bridgehead atoms. The first-order chi connectivity index (χ1) is 8.20. The Morgan fingerprint density at radius 3 is 2.59 bits per heavy atom. The summed E-state index contributed by atoms with van der Waals surface area (Å²) in [5.74, 6) is 0.517. The maximum Gasteiger partial charge on any atom is 0.309 e. The highest BCUT2D eigenvalue weighted by molar-refractivity contribution is 5.72. The van der Waals surface area contributed by atoms with E-state index in [1.165, 1.54) is 13.5 Å². The Hall–Kier alpha value is -2.10. The van der Waals surface area contributed by atoms with Crippen LogP contribution in [0.5, 0.6) is 0 Å². The molecular weight excluding hydrogens is 218 g/mol. The SMILES string of the molecule is COC(=O)Cc1ccc(-c2ocnc2C)cc1. The summed E-state index contributed by atoms with van der Waals surface area (Å²) in [5.41, 5.74) is 2.72. The molecule has 0 atom stereocenters. The molecule has 0 N–H and O–H groups in total. The van der Waals surface area contributed by atoms with Crippen molar-refractivity contribution in [3.8, 4) is 11.3 Å². The molecule has 0 fully saturated rings. The van der Waals surface area contributed by atoms with Gasteiger partial charge in [0.05, 0.1) is 19.2 Å². The molecule has 0 unspecified atom stereocenters. The lowest BCUT2D eigenvalue weighted by molar-refractivity contribution is -0.139. The second kappa shape index (κ2) is 4.82. The predicted molar refractivity (Wildman–Crippen MR) is 62.4 cm³/mol. The van der Waals surface area contributed by atoms with Gasteiger partial charge in [0.1, 0.15) is 0 Å². The lowest BCUT2D eigenvalue weighted by Gasteiger charge is -2.02. The Balaban J connectivity index is 2.19. The number of rotatable bonds is 3. The summed E-state index contributed by atoms with van der Waals surface area (Å²) >= 11 is 0. The molecule has 0 saturated heterocycles. The molecule has 0 spiro atoms. The average molecular weight is 231 g/mol. The maximum absolute atomic E-state index is 11.1. The van der Waals surface area contributed by atoms with Gasteiger partial charge in [0.25, 0.3) is 0 Å². The fourth-order valence-electron chi connectivity index (χ4n) is 1.59. The molecule has 4 heteroatoms. The van der Waals surface area contributed by atoms with Crippen LogP contribution in [0.2, 0.25) is 0 Å². The second-order valence-electron chi connectivity index (χ2n) is 3.72.